The molecule has 0 N–H and O–H groups in total. The highest BCUT2D eigenvalue weighted by atomic mass is 127. The molecule has 0 atom stereocenters. The lowest BCUT2D eigenvalue weighted by Crippen LogP contribution is -2.17. The molecule has 0 amide bonds. The van der Waals surface area contributed by atoms with Gasteiger partial charge in [-0.3, -0.25) is 0 Å². The Morgan fingerprint density at radius 2 is 1.70 bits per heavy atom. The summed E-state index contributed by atoms with van der Waals surface area (Å²) in [6.45, 7) is 5.45. The Balaban J connectivity index is 3.30. The van der Waals surface area contributed by atoms with Crippen LogP contribution < -0.4 is 0 Å². The van der Waals surface area contributed by atoms with Crippen LogP contribution in [0.2, 0.25) is 0 Å². The number of ether oxygens (including phenoxy) is 2. The smallest absolute Gasteiger partial charge is 0.158 e. The lowest BCUT2D eigenvalue weighted by Gasteiger charge is -2.14. The molecule has 0 saturated heterocycles. The molecule has 0 aromatic heterocycles. The minimum Gasteiger partial charge on any atom is -0.353 e. The SMILES string of the molecule is CCOC(CCI)OCC. The van der Waals surface area contributed by atoms with E-state index in [2.05, 4.69) is 22.6 Å². The first kappa shape index (κ1) is 10.7. The van der Waals surface area contributed by atoms with Crippen LogP contribution in [0.5, 0.6) is 0 Å². The number of hydrogen-bond acceptors (Lipinski definition) is 2. The number of hydrogen-bond donors (Lipinski definition) is 0. The third-order valence-electron chi connectivity index (χ3n) is 1.05. The first-order valence-electron chi connectivity index (χ1n) is 3.64. The molecule has 0 aromatic rings. The first-order valence-corrected chi connectivity index (χ1v) is 5.16. The maximum atomic E-state index is 5.30. The summed E-state index contributed by atoms with van der Waals surface area (Å²) in [6.07, 6.45) is 1.01. The molecule has 2 nitrogen and oxygen atoms in total. The fourth-order valence-corrected chi connectivity index (χ4v) is 1.18. The van der Waals surface area contributed by atoms with Crippen molar-refractivity contribution in [1.29, 1.82) is 0 Å². The minimum absolute atomic E-state index is 0.0203. The van der Waals surface area contributed by atoms with E-state index >= 15 is 0 Å². The molecule has 0 unspecified atom stereocenters. The topological polar surface area (TPSA) is 18.5 Å². The average molecular weight is 258 g/mol. The molecule has 0 bridgehead atoms. The highest BCUT2D eigenvalue weighted by molar-refractivity contribution is 14.1. The third-order valence-corrected chi connectivity index (χ3v) is 1.67. The molecule has 0 rings (SSSR count). The van der Waals surface area contributed by atoms with Crippen molar-refractivity contribution in [3.63, 3.8) is 0 Å². The van der Waals surface area contributed by atoms with Crippen molar-refractivity contribution in [3.8, 4) is 0 Å². The van der Waals surface area contributed by atoms with Crippen LogP contribution in [0.3, 0.4) is 0 Å². The molecule has 0 aromatic carbocycles. The third kappa shape index (κ3) is 5.44. The van der Waals surface area contributed by atoms with E-state index in [1.807, 2.05) is 13.8 Å². The van der Waals surface area contributed by atoms with Crippen molar-refractivity contribution in [3.05, 3.63) is 0 Å². The van der Waals surface area contributed by atoms with E-state index in [9.17, 15) is 0 Å². The van der Waals surface area contributed by atoms with Crippen LogP contribution in [0.25, 0.3) is 0 Å². The van der Waals surface area contributed by atoms with Crippen LogP contribution in [0.4, 0.5) is 0 Å². The molecule has 0 aliphatic rings. The molecule has 0 heterocycles. The summed E-state index contributed by atoms with van der Waals surface area (Å²) >= 11 is 2.32. The van der Waals surface area contributed by atoms with E-state index < -0.39 is 0 Å². The van der Waals surface area contributed by atoms with Crippen LogP contribution in [0, 0.1) is 0 Å². The van der Waals surface area contributed by atoms with Crippen molar-refractivity contribution in [2.24, 2.45) is 0 Å². The lowest BCUT2D eigenvalue weighted by molar-refractivity contribution is -0.135. The molecule has 3 heteroatoms. The van der Waals surface area contributed by atoms with Crippen LogP contribution in [-0.2, 0) is 9.47 Å². The van der Waals surface area contributed by atoms with Crippen molar-refractivity contribution in [2.45, 2.75) is 26.6 Å². The van der Waals surface area contributed by atoms with Crippen molar-refractivity contribution in [1.82, 2.24) is 0 Å². The van der Waals surface area contributed by atoms with Gasteiger partial charge in [0, 0.05) is 24.1 Å². The number of alkyl halides is 1. The fourth-order valence-electron chi connectivity index (χ4n) is 0.676. The second kappa shape index (κ2) is 7.75. The maximum absolute atomic E-state index is 5.30. The summed E-state index contributed by atoms with van der Waals surface area (Å²) in [5.74, 6) is 0. The molecule has 0 fully saturated rings. The van der Waals surface area contributed by atoms with Gasteiger partial charge in [-0.1, -0.05) is 22.6 Å². The largest absolute Gasteiger partial charge is 0.353 e. The van der Waals surface area contributed by atoms with Gasteiger partial charge in [-0.2, -0.15) is 0 Å². The van der Waals surface area contributed by atoms with Gasteiger partial charge in [0.05, 0.1) is 0 Å². The molecule has 62 valence electrons. The first-order chi connectivity index (χ1) is 4.85. The highest BCUT2D eigenvalue weighted by Gasteiger charge is 2.04. The Bertz CT molecular complexity index is 54.4. The number of rotatable bonds is 6. The van der Waals surface area contributed by atoms with Gasteiger partial charge in [-0.05, 0) is 13.8 Å². The van der Waals surface area contributed by atoms with Crippen LogP contribution >= 0.6 is 22.6 Å². The Kier molecular flexibility index (Phi) is 8.26. The minimum atomic E-state index is 0.0203. The monoisotopic (exact) mass is 258 g/mol. The van der Waals surface area contributed by atoms with E-state index in [0.717, 1.165) is 24.1 Å². The van der Waals surface area contributed by atoms with E-state index in [1.54, 1.807) is 0 Å². The normalized spacial score (nSPS) is 10.8. The zero-order chi connectivity index (χ0) is 7.82. The van der Waals surface area contributed by atoms with Gasteiger partial charge in [-0.15, -0.1) is 0 Å². The van der Waals surface area contributed by atoms with Gasteiger partial charge in [0.15, 0.2) is 6.29 Å². The highest BCUT2D eigenvalue weighted by Crippen LogP contribution is 2.02. The van der Waals surface area contributed by atoms with Crippen molar-refractivity contribution >= 4 is 22.6 Å². The van der Waals surface area contributed by atoms with Gasteiger partial charge >= 0.3 is 0 Å². The Labute approximate surface area is 76.4 Å². The summed E-state index contributed by atoms with van der Waals surface area (Å²) in [5.41, 5.74) is 0. The molecule has 0 saturated carbocycles. The predicted molar refractivity (Wildman–Crippen MR) is 50.5 cm³/mol. The van der Waals surface area contributed by atoms with E-state index in [-0.39, 0.29) is 6.29 Å². The van der Waals surface area contributed by atoms with Crippen molar-refractivity contribution < 1.29 is 9.47 Å². The molecule has 0 spiro atoms. The van der Waals surface area contributed by atoms with E-state index in [1.165, 1.54) is 0 Å². The van der Waals surface area contributed by atoms with E-state index in [4.69, 9.17) is 9.47 Å². The molecule has 10 heavy (non-hydrogen) atoms. The second-order valence-electron chi connectivity index (χ2n) is 1.82. The summed E-state index contributed by atoms with van der Waals surface area (Å²) in [6, 6.07) is 0. The van der Waals surface area contributed by atoms with Gasteiger partial charge in [0.2, 0.25) is 0 Å². The van der Waals surface area contributed by atoms with Crippen LogP contribution in [-0.4, -0.2) is 23.9 Å². The molecule has 0 radical (unpaired) electrons. The summed E-state index contributed by atoms with van der Waals surface area (Å²) in [5, 5.41) is 0. The molecular formula is C7H15IO2. The zero-order valence-electron chi connectivity index (χ0n) is 6.60. The van der Waals surface area contributed by atoms with Crippen LogP contribution in [0.1, 0.15) is 20.3 Å². The van der Waals surface area contributed by atoms with Gasteiger partial charge < -0.3 is 9.47 Å². The molecular weight excluding hydrogens is 243 g/mol. The fraction of sp³-hybridized carbons (Fsp3) is 1.00. The Hall–Kier alpha value is 0.650. The Morgan fingerprint density at radius 3 is 2.00 bits per heavy atom. The van der Waals surface area contributed by atoms with E-state index in [0.29, 0.717) is 0 Å². The van der Waals surface area contributed by atoms with Crippen molar-refractivity contribution in [2.75, 3.05) is 17.6 Å². The quantitative estimate of drug-likeness (QED) is 0.413. The van der Waals surface area contributed by atoms with Gasteiger partial charge in [0.1, 0.15) is 0 Å². The standard InChI is InChI=1S/C7H15IO2/c1-3-9-7(5-6-8)10-4-2/h7H,3-6H2,1-2H3. The van der Waals surface area contributed by atoms with Gasteiger partial charge in [0.25, 0.3) is 0 Å². The van der Waals surface area contributed by atoms with Gasteiger partial charge in [-0.25, -0.2) is 0 Å². The number of halogens is 1. The second-order valence-corrected chi connectivity index (χ2v) is 2.90. The maximum Gasteiger partial charge on any atom is 0.158 e. The zero-order valence-corrected chi connectivity index (χ0v) is 8.76. The summed E-state index contributed by atoms with van der Waals surface area (Å²) in [4.78, 5) is 0. The molecule has 0 aliphatic carbocycles. The molecule has 0 aliphatic heterocycles. The average Bonchev–Trinajstić information content (AvgIpc) is 1.90. The lowest BCUT2D eigenvalue weighted by atomic mass is 10.5. The predicted octanol–water partition coefficient (Wildman–Crippen LogP) is 2.21. The summed E-state index contributed by atoms with van der Waals surface area (Å²) in [7, 11) is 0. The van der Waals surface area contributed by atoms with Crippen LogP contribution in [0.15, 0.2) is 0 Å². The Morgan fingerprint density at radius 1 is 1.20 bits per heavy atom. The summed E-state index contributed by atoms with van der Waals surface area (Å²) < 4.78 is 11.7.